The highest BCUT2D eigenvalue weighted by Crippen LogP contribution is 2.21. The van der Waals surface area contributed by atoms with E-state index < -0.39 is 0 Å². The molecule has 84 valence electrons. The lowest BCUT2D eigenvalue weighted by molar-refractivity contribution is 0.700. The van der Waals surface area contributed by atoms with Crippen molar-refractivity contribution in [2.45, 2.75) is 13.1 Å². The molecule has 0 bridgehead atoms. The van der Waals surface area contributed by atoms with Crippen LogP contribution in [0.25, 0.3) is 0 Å². The van der Waals surface area contributed by atoms with Crippen molar-refractivity contribution in [3.05, 3.63) is 50.4 Å². The molecule has 0 aliphatic rings. The summed E-state index contributed by atoms with van der Waals surface area (Å²) in [6.45, 7) is 1.53. The molecular formula is C11H10Cl2N2S. The van der Waals surface area contributed by atoms with Crippen molar-refractivity contribution in [2.24, 2.45) is 0 Å². The van der Waals surface area contributed by atoms with Gasteiger partial charge < -0.3 is 5.32 Å². The van der Waals surface area contributed by atoms with E-state index in [4.69, 9.17) is 23.2 Å². The van der Waals surface area contributed by atoms with Crippen LogP contribution in [0.5, 0.6) is 0 Å². The van der Waals surface area contributed by atoms with Gasteiger partial charge in [0.15, 0.2) is 0 Å². The third-order valence-electron chi connectivity index (χ3n) is 2.10. The predicted octanol–water partition coefficient (Wildman–Crippen LogP) is 3.74. The monoisotopic (exact) mass is 272 g/mol. The van der Waals surface area contributed by atoms with Crippen molar-refractivity contribution in [1.82, 2.24) is 10.3 Å². The first-order valence-electron chi connectivity index (χ1n) is 4.79. The second-order valence-corrected chi connectivity index (χ2v) is 5.48. The van der Waals surface area contributed by atoms with Gasteiger partial charge in [0.05, 0.1) is 9.36 Å². The summed E-state index contributed by atoms with van der Waals surface area (Å²) in [7, 11) is 0. The van der Waals surface area contributed by atoms with Crippen LogP contribution < -0.4 is 5.32 Å². The Bertz CT molecular complexity index is 471. The van der Waals surface area contributed by atoms with Crippen molar-refractivity contribution in [3.8, 4) is 0 Å². The van der Waals surface area contributed by atoms with E-state index >= 15 is 0 Å². The Labute approximate surface area is 108 Å². The standard InChI is InChI=1S/C11H10Cl2N2S/c12-10-7-14-4-3-8(10)5-15-6-9-1-2-11(13)16-9/h1-4,7,15H,5-6H2. The van der Waals surface area contributed by atoms with E-state index in [-0.39, 0.29) is 0 Å². The zero-order valence-corrected chi connectivity index (χ0v) is 10.7. The number of thiophene rings is 1. The number of rotatable bonds is 4. The Morgan fingerprint density at radius 3 is 2.75 bits per heavy atom. The highest BCUT2D eigenvalue weighted by molar-refractivity contribution is 7.16. The van der Waals surface area contributed by atoms with E-state index in [9.17, 15) is 0 Å². The van der Waals surface area contributed by atoms with Crippen molar-refractivity contribution in [2.75, 3.05) is 0 Å². The number of halogens is 2. The molecule has 0 unspecified atom stereocenters. The Hall–Kier alpha value is -0.610. The minimum atomic E-state index is 0.694. The number of nitrogens with zero attached hydrogens (tertiary/aromatic N) is 1. The van der Waals surface area contributed by atoms with E-state index in [2.05, 4.69) is 10.3 Å². The van der Waals surface area contributed by atoms with Crippen LogP contribution in [0.2, 0.25) is 9.36 Å². The largest absolute Gasteiger partial charge is 0.308 e. The van der Waals surface area contributed by atoms with Crippen LogP contribution in [-0.2, 0) is 13.1 Å². The molecule has 16 heavy (non-hydrogen) atoms. The molecule has 0 fully saturated rings. The molecule has 0 aliphatic carbocycles. The second-order valence-electron chi connectivity index (χ2n) is 3.28. The molecule has 2 aromatic heterocycles. The van der Waals surface area contributed by atoms with Gasteiger partial charge in [-0.05, 0) is 23.8 Å². The Kier molecular flexibility index (Phi) is 4.18. The van der Waals surface area contributed by atoms with E-state index in [1.807, 2.05) is 18.2 Å². The van der Waals surface area contributed by atoms with Gasteiger partial charge in [-0.15, -0.1) is 11.3 Å². The number of hydrogen-bond acceptors (Lipinski definition) is 3. The average Bonchev–Trinajstić information content (AvgIpc) is 2.67. The smallest absolute Gasteiger partial charge is 0.0931 e. The fourth-order valence-electron chi connectivity index (χ4n) is 1.31. The first-order valence-corrected chi connectivity index (χ1v) is 6.36. The summed E-state index contributed by atoms with van der Waals surface area (Å²) in [5, 5.41) is 4.01. The Morgan fingerprint density at radius 1 is 1.19 bits per heavy atom. The molecule has 5 heteroatoms. The molecule has 0 saturated carbocycles. The Morgan fingerprint density at radius 2 is 2.06 bits per heavy atom. The van der Waals surface area contributed by atoms with Crippen molar-refractivity contribution in [1.29, 1.82) is 0 Å². The van der Waals surface area contributed by atoms with Gasteiger partial charge >= 0.3 is 0 Å². The molecule has 1 N–H and O–H groups in total. The van der Waals surface area contributed by atoms with E-state index in [1.54, 1.807) is 23.7 Å². The zero-order valence-electron chi connectivity index (χ0n) is 8.41. The van der Waals surface area contributed by atoms with Gasteiger partial charge in [0.25, 0.3) is 0 Å². The summed E-state index contributed by atoms with van der Waals surface area (Å²) in [6, 6.07) is 5.84. The number of hydrogen-bond donors (Lipinski definition) is 1. The van der Waals surface area contributed by atoms with Gasteiger partial charge in [-0.3, -0.25) is 4.98 Å². The first kappa shape index (κ1) is 11.9. The van der Waals surface area contributed by atoms with Crippen molar-refractivity contribution in [3.63, 3.8) is 0 Å². The van der Waals surface area contributed by atoms with Gasteiger partial charge in [0.1, 0.15) is 0 Å². The van der Waals surface area contributed by atoms with E-state index in [0.29, 0.717) is 5.02 Å². The number of pyridine rings is 1. The molecule has 2 aromatic rings. The first-order chi connectivity index (χ1) is 7.75. The van der Waals surface area contributed by atoms with Gasteiger partial charge in [0.2, 0.25) is 0 Å². The van der Waals surface area contributed by atoms with Crippen LogP contribution in [-0.4, -0.2) is 4.98 Å². The van der Waals surface area contributed by atoms with Crippen LogP contribution in [0.3, 0.4) is 0 Å². The fraction of sp³-hybridized carbons (Fsp3) is 0.182. The summed E-state index contributed by atoms with van der Waals surface area (Å²) in [4.78, 5) is 5.16. The minimum Gasteiger partial charge on any atom is -0.308 e. The van der Waals surface area contributed by atoms with Gasteiger partial charge in [-0.1, -0.05) is 23.2 Å². The highest BCUT2D eigenvalue weighted by atomic mass is 35.5. The predicted molar refractivity (Wildman–Crippen MR) is 69.1 cm³/mol. The molecule has 0 saturated heterocycles. The normalized spacial score (nSPS) is 10.6. The molecule has 0 amide bonds. The molecule has 2 heterocycles. The van der Waals surface area contributed by atoms with Crippen LogP contribution in [0.1, 0.15) is 10.4 Å². The van der Waals surface area contributed by atoms with Crippen LogP contribution >= 0.6 is 34.5 Å². The van der Waals surface area contributed by atoms with Gasteiger partial charge in [-0.2, -0.15) is 0 Å². The molecule has 0 spiro atoms. The Balaban J connectivity index is 1.87. The molecule has 2 nitrogen and oxygen atoms in total. The fourth-order valence-corrected chi connectivity index (χ4v) is 2.56. The molecule has 0 aliphatic heterocycles. The number of aromatic nitrogens is 1. The third-order valence-corrected chi connectivity index (χ3v) is 3.67. The van der Waals surface area contributed by atoms with E-state index in [0.717, 1.165) is 23.0 Å². The highest BCUT2D eigenvalue weighted by Gasteiger charge is 2.00. The lowest BCUT2D eigenvalue weighted by atomic mass is 10.2. The summed E-state index contributed by atoms with van der Waals surface area (Å²) in [5.74, 6) is 0. The third kappa shape index (κ3) is 3.19. The quantitative estimate of drug-likeness (QED) is 0.917. The maximum atomic E-state index is 5.99. The maximum absolute atomic E-state index is 5.99. The maximum Gasteiger partial charge on any atom is 0.0931 e. The summed E-state index contributed by atoms with van der Waals surface area (Å²) in [6.07, 6.45) is 3.39. The number of nitrogens with one attached hydrogen (secondary N) is 1. The van der Waals surface area contributed by atoms with Crippen molar-refractivity contribution >= 4 is 34.5 Å². The minimum absolute atomic E-state index is 0.694. The average molecular weight is 273 g/mol. The summed E-state index contributed by atoms with van der Waals surface area (Å²) >= 11 is 13.4. The molecular weight excluding hydrogens is 263 g/mol. The zero-order chi connectivity index (χ0) is 11.4. The van der Waals surface area contributed by atoms with Crippen LogP contribution in [0.4, 0.5) is 0 Å². The van der Waals surface area contributed by atoms with Crippen LogP contribution in [0, 0.1) is 0 Å². The van der Waals surface area contributed by atoms with Gasteiger partial charge in [-0.25, -0.2) is 0 Å². The van der Waals surface area contributed by atoms with E-state index in [1.165, 1.54) is 4.88 Å². The molecule has 2 rings (SSSR count). The topological polar surface area (TPSA) is 24.9 Å². The lowest BCUT2D eigenvalue weighted by Gasteiger charge is -2.04. The molecule has 0 atom stereocenters. The lowest BCUT2D eigenvalue weighted by Crippen LogP contribution is -2.12. The second kappa shape index (κ2) is 5.64. The summed E-state index contributed by atoms with van der Waals surface area (Å²) in [5.41, 5.74) is 1.05. The molecule has 0 radical (unpaired) electrons. The van der Waals surface area contributed by atoms with Gasteiger partial charge in [0, 0.05) is 30.4 Å². The SMILES string of the molecule is Clc1ccc(CNCc2ccncc2Cl)s1. The van der Waals surface area contributed by atoms with Crippen molar-refractivity contribution < 1.29 is 0 Å². The summed E-state index contributed by atoms with van der Waals surface area (Å²) < 4.78 is 0.818. The molecule has 0 aromatic carbocycles. The van der Waals surface area contributed by atoms with Crippen LogP contribution in [0.15, 0.2) is 30.6 Å².